The van der Waals surface area contributed by atoms with Gasteiger partial charge in [-0.05, 0) is 62.0 Å². The Morgan fingerprint density at radius 3 is 2.45 bits per heavy atom. The molecule has 1 N–H and O–H groups in total. The Morgan fingerprint density at radius 2 is 1.66 bits per heavy atom. The van der Waals surface area contributed by atoms with E-state index < -0.39 is 10.0 Å². The van der Waals surface area contributed by atoms with Gasteiger partial charge in [0.25, 0.3) is 10.0 Å². The van der Waals surface area contributed by atoms with Crippen LogP contribution in [0.1, 0.15) is 18.4 Å². The first-order valence-corrected chi connectivity index (χ1v) is 11.7. The number of rotatable bonds is 7. The van der Waals surface area contributed by atoms with E-state index in [4.69, 9.17) is 0 Å². The minimum atomic E-state index is -3.59. The lowest BCUT2D eigenvalue weighted by atomic mass is 9.90. The average Bonchev–Trinajstić information content (AvgIpc) is 2.75. The number of likely N-dealkylation sites (tertiary alicyclic amines) is 1. The van der Waals surface area contributed by atoms with Gasteiger partial charge in [-0.2, -0.15) is 0 Å². The summed E-state index contributed by atoms with van der Waals surface area (Å²) in [7, 11) is -3.59. The number of para-hydroxylation sites is 1. The molecule has 0 atom stereocenters. The summed E-state index contributed by atoms with van der Waals surface area (Å²) in [6.45, 7) is 3.17. The number of fused-ring (bicyclic) bond motifs is 1. The Bertz CT molecular complexity index is 1050. The van der Waals surface area contributed by atoms with Crippen molar-refractivity contribution in [2.24, 2.45) is 5.92 Å². The summed E-state index contributed by atoms with van der Waals surface area (Å²) in [4.78, 5) is 6.64. The van der Waals surface area contributed by atoms with E-state index in [0.717, 1.165) is 44.3 Å². The molecule has 3 aromatic rings. The first-order valence-electron chi connectivity index (χ1n) is 10.2. The second-order valence-electron chi connectivity index (χ2n) is 7.71. The molecule has 2 aromatic carbocycles. The van der Waals surface area contributed by atoms with Crippen molar-refractivity contribution in [3.05, 3.63) is 72.3 Å². The van der Waals surface area contributed by atoms with Crippen LogP contribution in [0.15, 0.2) is 71.8 Å². The van der Waals surface area contributed by atoms with Crippen LogP contribution in [0.2, 0.25) is 0 Å². The maximum Gasteiger partial charge on any atom is 0.258 e. The molecule has 1 aliphatic rings. The second-order valence-corrected chi connectivity index (χ2v) is 9.43. The fourth-order valence-corrected chi connectivity index (χ4v) is 4.94. The highest BCUT2D eigenvalue weighted by Crippen LogP contribution is 2.21. The molecular weight excluding hydrogens is 382 g/mol. The lowest BCUT2D eigenvalue weighted by molar-refractivity contribution is 0.187. The van der Waals surface area contributed by atoms with Gasteiger partial charge in [-0.3, -0.25) is 0 Å². The van der Waals surface area contributed by atoms with E-state index in [-0.39, 0.29) is 5.03 Å². The molecule has 0 unspecified atom stereocenters. The molecule has 4 rings (SSSR count). The number of nitrogens with zero attached hydrogens (tertiary/aromatic N) is 2. The summed E-state index contributed by atoms with van der Waals surface area (Å²) >= 11 is 0. The summed E-state index contributed by atoms with van der Waals surface area (Å²) in [5, 5.41) is 1.02. The lowest BCUT2D eigenvalue weighted by Gasteiger charge is -2.32. The average molecular weight is 410 g/mol. The Kier molecular flexibility index (Phi) is 6.23. The van der Waals surface area contributed by atoms with Gasteiger partial charge in [0.2, 0.25) is 0 Å². The fraction of sp³-hybridized carbons (Fsp3) is 0.348. The zero-order valence-corrected chi connectivity index (χ0v) is 17.3. The van der Waals surface area contributed by atoms with Crippen LogP contribution in [-0.4, -0.2) is 44.5 Å². The first kappa shape index (κ1) is 20.0. The molecule has 5 nitrogen and oxygen atoms in total. The number of sulfonamides is 1. The second kappa shape index (κ2) is 9.03. The Morgan fingerprint density at radius 1 is 0.931 bits per heavy atom. The summed E-state index contributed by atoms with van der Waals surface area (Å²) in [5.74, 6) is 0.715. The van der Waals surface area contributed by atoms with E-state index >= 15 is 0 Å². The highest BCUT2D eigenvalue weighted by atomic mass is 32.2. The smallest absolute Gasteiger partial charge is 0.258 e. The maximum absolute atomic E-state index is 12.6. The predicted molar refractivity (Wildman–Crippen MR) is 116 cm³/mol. The van der Waals surface area contributed by atoms with Crippen molar-refractivity contribution in [2.75, 3.05) is 26.2 Å². The molecule has 1 aliphatic heterocycles. The third kappa shape index (κ3) is 5.21. The molecule has 1 fully saturated rings. The molecule has 0 saturated carbocycles. The molecule has 0 amide bonds. The quantitative estimate of drug-likeness (QED) is 0.649. The number of hydrogen-bond donors (Lipinski definition) is 1. The molecule has 29 heavy (non-hydrogen) atoms. The van der Waals surface area contributed by atoms with E-state index in [0.29, 0.717) is 18.0 Å². The number of nitrogens with one attached hydrogen (secondary N) is 1. The minimum Gasteiger partial charge on any atom is -0.302 e. The van der Waals surface area contributed by atoms with Crippen LogP contribution in [0.4, 0.5) is 0 Å². The third-order valence-corrected chi connectivity index (χ3v) is 7.00. The van der Waals surface area contributed by atoms with Crippen LogP contribution in [-0.2, 0) is 16.4 Å². The van der Waals surface area contributed by atoms with Gasteiger partial charge >= 0.3 is 0 Å². The topological polar surface area (TPSA) is 62.3 Å². The summed E-state index contributed by atoms with van der Waals surface area (Å²) in [5.41, 5.74) is 2.09. The van der Waals surface area contributed by atoms with Gasteiger partial charge < -0.3 is 4.90 Å². The lowest BCUT2D eigenvalue weighted by Crippen LogP contribution is -2.40. The molecule has 152 valence electrons. The Balaban J connectivity index is 1.25. The largest absolute Gasteiger partial charge is 0.302 e. The van der Waals surface area contributed by atoms with Crippen molar-refractivity contribution in [2.45, 2.75) is 24.3 Å². The van der Waals surface area contributed by atoms with Crippen LogP contribution in [0, 0.1) is 5.92 Å². The molecule has 6 heteroatoms. The van der Waals surface area contributed by atoms with E-state index in [9.17, 15) is 8.42 Å². The summed E-state index contributed by atoms with van der Waals surface area (Å²) in [6, 6.07) is 21.5. The predicted octanol–water partition coefficient (Wildman–Crippen LogP) is 3.47. The van der Waals surface area contributed by atoms with Gasteiger partial charge in [-0.25, -0.2) is 18.1 Å². The van der Waals surface area contributed by atoms with Crippen LogP contribution in [0.5, 0.6) is 0 Å². The SMILES string of the molecule is O=S(=O)(NCCN1CCC(Cc2ccccc2)CC1)c1ccc2ccccc2n1. The molecule has 0 aliphatic carbocycles. The van der Waals surface area contributed by atoms with Crippen molar-refractivity contribution in [3.63, 3.8) is 0 Å². The number of piperidine rings is 1. The van der Waals surface area contributed by atoms with Crippen LogP contribution < -0.4 is 4.72 Å². The molecule has 0 bridgehead atoms. The fourth-order valence-electron chi connectivity index (χ4n) is 3.97. The van der Waals surface area contributed by atoms with Crippen molar-refractivity contribution in [1.82, 2.24) is 14.6 Å². The van der Waals surface area contributed by atoms with Gasteiger partial charge in [0.15, 0.2) is 5.03 Å². The molecule has 0 spiro atoms. The Hall–Kier alpha value is -2.28. The highest BCUT2D eigenvalue weighted by molar-refractivity contribution is 7.89. The molecule has 2 heterocycles. The number of hydrogen-bond acceptors (Lipinski definition) is 4. The van der Waals surface area contributed by atoms with Gasteiger partial charge in [0, 0.05) is 18.5 Å². The van der Waals surface area contributed by atoms with Gasteiger partial charge in [-0.1, -0.05) is 48.5 Å². The van der Waals surface area contributed by atoms with Crippen molar-refractivity contribution in [3.8, 4) is 0 Å². The first-order chi connectivity index (χ1) is 14.1. The maximum atomic E-state index is 12.6. The van der Waals surface area contributed by atoms with Gasteiger partial charge in [0.1, 0.15) is 0 Å². The standard InChI is InChI=1S/C23H27N3O2S/c27-29(28,23-11-10-21-8-4-5-9-22(21)25-23)24-14-17-26-15-12-20(13-16-26)18-19-6-2-1-3-7-19/h1-11,20,24H,12-18H2. The Labute approximate surface area is 172 Å². The van der Waals surface area contributed by atoms with E-state index in [1.165, 1.54) is 5.56 Å². The van der Waals surface area contributed by atoms with Gasteiger partial charge in [0.05, 0.1) is 5.52 Å². The van der Waals surface area contributed by atoms with E-state index in [1.54, 1.807) is 12.1 Å². The normalized spacial score (nSPS) is 16.3. The van der Waals surface area contributed by atoms with Crippen molar-refractivity contribution < 1.29 is 8.42 Å². The van der Waals surface area contributed by atoms with Crippen LogP contribution >= 0.6 is 0 Å². The number of aromatic nitrogens is 1. The molecular formula is C23H27N3O2S. The molecule has 1 aromatic heterocycles. The third-order valence-electron chi connectivity index (χ3n) is 5.64. The van der Waals surface area contributed by atoms with Crippen LogP contribution in [0.25, 0.3) is 10.9 Å². The zero-order valence-electron chi connectivity index (χ0n) is 16.5. The molecule has 0 radical (unpaired) electrons. The molecule has 1 saturated heterocycles. The number of pyridine rings is 1. The van der Waals surface area contributed by atoms with Crippen LogP contribution in [0.3, 0.4) is 0 Å². The highest BCUT2D eigenvalue weighted by Gasteiger charge is 2.20. The van der Waals surface area contributed by atoms with Crippen molar-refractivity contribution in [1.29, 1.82) is 0 Å². The number of benzene rings is 2. The summed E-state index contributed by atoms with van der Waals surface area (Å²) in [6.07, 6.45) is 3.46. The minimum absolute atomic E-state index is 0.0813. The summed E-state index contributed by atoms with van der Waals surface area (Å²) < 4.78 is 27.9. The zero-order chi connectivity index (χ0) is 20.1. The van der Waals surface area contributed by atoms with E-state index in [2.05, 4.69) is 44.9 Å². The van der Waals surface area contributed by atoms with Crippen molar-refractivity contribution >= 4 is 20.9 Å². The monoisotopic (exact) mass is 409 g/mol. The van der Waals surface area contributed by atoms with Gasteiger partial charge in [-0.15, -0.1) is 0 Å². The van der Waals surface area contributed by atoms with E-state index in [1.807, 2.05) is 24.3 Å².